The number of aromatic nitrogens is 8. The molecule has 5 heterocycles. The average Bonchev–Trinajstić information content (AvgIpc) is 3.75. The van der Waals surface area contributed by atoms with Gasteiger partial charge >= 0.3 is 25.8 Å². The summed E-state index contributed by atoms with van der Waals surface area (Å²) in [4.78, 5) is 97.5. The van der Waals surface area contributed by atoms with Crippen molar-refractivity contribution in [2.24, 2.45) is 0 Å². The van der Waals surface area contributed by atoms with Crippen LogP contribution in [-0.2, 0) is 39.3 Å². The largest absolute Gasteiger partial charge is 0.480 e. The van der Waals surface area contributed by atoms with Crippen molar-refractivity contribution in [1.29, 1.82) is 0 Å². The van der Waals surface area contributed by atoms with Gasteiger partial charge in [0.15, 0.2) is 40.4 Å². The number of benzene rings is 1. The molecule has 2 amide bonds. The van der Waals surface area contributed by atoms with Crippen molar-refractivity contribution in [3.05, 3.63) is 64.5 Å². The molecule has 1 aliphatic heterocycles. The van der Waals surface area contributed by atoms with Crippen LogP contribution in [0.4, 0.5) is 21.8 Å². The van der Waals surface area contributed by atoms with Gasteiger partial charge in [-0.05, 0) is 37.6 Å². The molecule has 6 rings (SSSR count). The molecule has 0 bridgehead atoms. The standard InChI is InChI=1S/C33H37FN13O14P/c1-12(61-62(57,58)59-10-17-22(49)23(50)29(60-17)47-11-39-20-24(35)43-32(34)45-26(20)47)19(31(55)56)42-18(48)7-6-16(30(53)54)41-27(51)13-2-4-14(5-3-13)37-8-15-9-38-25-21(40-15)28(52)46-33(36)44-25/h2-5,9,11-12,16-17,19,22-23,29,37,49-50H,6-8,10H2,1H3,(H,41,51)(H,42,48)(H,53,54)(H,55,56)(H,57,58)(H2,35,43,45)(H3,36,38,44,46,52)/t12?,16?,17-,19?,22?,23+,29-/m1/s1. The third-order valence-electron chi connectivity index (χ3n) is 9.16. The zero-order chi connectivity index (χ0) is 45.0. The van der Waals surface area contributed by atoms with Crippen LogP contribution in [0.1, 0.15) is 42.0 Å². The average molecular weight is 890 g/mol. The second-order valence-electron chi connectivity index (χ2n) is 13.5. The highest BCUT2D eigenvalue weighted by Gasteiger charge is 2.46. The monoisotopic (exact) mass is 889 g/mol. The summed E-state index contributed by atoms with van der Waals surface area (Å²) in [6.45, 7) is 0.237. The lowest BCUT2D eigenvalue weighted by molar-refractivity contribution is -0.145. The van der Waals surface area contributed by atoms with Crippen molar-refractivity contribution in [3.63, 3.8) is 0 Å². The number of nitrogen functional groups attached to an aromatic ring is 2. The van der Waals surface area contributed by atoms with Crippen LogP contribution < -0.4 is 33.0 Å². The summed E-state index contributed by atoms with van der Waals surface area (Å²) >= 11 is 0. The van der Waals surface area contributed by atoms with Crippen molar-refractivity contribution in [2.75, 3.05) is 23.4 Å². The Morgan fingerprint density at radius 1 is 1.02 bits per heavy atom. The zero-order valence-corrected chi connectivity index (χ0v) is 32.7. The highest BCUT2D eigenvalue weighted by atomic mass is 31.2. The molecule has 8 atom stereocenters. The maximum absolute atomic E-state index is 13.8. The lowest BCUT2D eigenvalue weighted by Crippen LogP contribution is -2.49. The van der Waals surface area contributed by atoms with Gasteiger partial charge in [0.1, 0.15) is 24.4 Å². The van der Waals surface area contributed by atoms with Gasteiger partial charge in [-0.1, -0.05) is 0 Å². The minimum atomic E-state index is -5.18. The quantitative estimate of drug-likeness (QED) is 0.0339. The topological polar surface area (TPSA) is 417 Å². The van der Waals surface area contributed by atoms with Crippen LogP contribution >= 0.6 is 7.82 Å². The fourth-order valence-electron chi connectivity index (χ4n) is 6.05. The number of hydrogen-bond acceptors (Lipinski definition) is 20. The number of hydrogen-bond donors (Lipinski definition) is 11. The number of nitrogens with one attached hydrogen (secondary N) is 4. The number of carboxylic acids is 2. The molecule has 0 aliphatic carbocycles. The lowest BCUT2D eigenvalue weighted by Gasteiger charge is -2.24. The maximum atomic E-state index is 13.8. The summed E-state index contributed by atoms with van der Waals surface area (Å²) in [5.41, 5.74) is 11.4. The number of ether oxygens (including phenoxy) is 1. The summed E-state index contributed by atoms with van der Waals surface area (Å²) in [7, 11) is -5.18. The first-order valence-electron chi connectivity index (χ1n) is 18.0. The van der Waals surface area contributed by atoms with E-state index in [1.54, 1.807) is 0 Å². The number of carbonyl (C=O) groups excluding carboxylic acids is 2. The van der Waals surface area contributed by atoms with Crippen molar-refractivity contribution < 1.29 is 67.2 Å². The molecule has 29 heteroatoms. The molecule has 0 saturated carbocycles. The number of aliphatic hydroxyl groups is 2. The predicted molar refractivity (Wildman–Crippen MR) is 206 cm³/mol. The molecule has 13 N–H and O–H groups in total. The van der Waals surface area contributed by atoms with E-state index in [0.29, 0.717) is 11.4 Å². The predicted octanol–water partition coefficient (Wildman–Crippen LogP) is -1.86. The van der Waals surface area contributed by atoms with Crippen molar-refractivity contribution in [3.8, 4) is 0 Å². The van der Waals surface area contributed by atoms with Crippen LogP contribution in [0.3, 0.4) is 0 Å². The summed E-state index contributed by atoms with van der Waals surface area (Å²) < 4.78 is 43.1. The number of aliphatic carboxylic acids is 2. The molecule has 5 unspecified atom stereocenters. The Balaban J connectivity index is 0.971. The Labute approximate surface area is 345 Å². The zero-order valence-electron chi connectivity index (χ0n) is 31.9. The van der Waals surface area contributed by atoms with Crippen LogP contribution in [0.2, 0.25) is 0 Å². The van der Waals surface area contributed by atoms with Crippen molar-refractivity contribution in [1.82, 2.24) is 50.1 Å². The van der Waals surface area contributed by atoms with Gasteiger partial charge in [0.25, 0.3) is 11.5 Å². The van der Waals surface area contributed by atoms with E-state index in [0.717, 1.165) is 17.8 Å². The summed E-state index contributed by atoms with van der Waals surface area (Å²) in [5, 5.41) is 48.0. The van der Waals surface area contributed by atoms with Gasteiger partial charge in [-0.15, -0.1) is 0 Å². The molecule has 330 valence electrons. The number of phosphoric ester groups is 1. The molecule has 5 aromatic rings. The first-order chi connectivity index (χ1) is 29.3. The van der Waals surface area contributed by atoms with E-state index >= 15 is 0 Å². The van der Waals surface area contributed by atoms with Crippen molar-refractivity contribution in [2.45, 2.75) is 69.0 Å². The van der Waals surface area contributed by atoms with Crippen LogP contribution in [0.15, 0.2) is 41.6 Å². The number of aromatic amines is 1. The Bertz CT molecular complexity index is 2620. The minimum absolute atomic E-state index is 0.0134. The molecule has 4 aromatic heterocycles. The van der Waals surface area contributed by atoms with Gasteiger partial charge in [0, 0.05) is 17.7 Å². The Kier molecular flexibility index (Phi) is 13.3. The number of aliphatic hydroxyl groups excluding tert-OH is 2. The Hall–Kier alpha value is -6.81. The van der Waals surface area contributed by atoms with E-state index in [1.807, 2.05) is 0 Å². The van der Waals surface area contributed by atoms with E-state index < -0.39 is 105 Å². The highest BCUT2D eigenvalue weighted by Crippen LogP contribution is 2.46. The van der Waals surface area contributed by atoms with Crippen LogP contribution in [0.25, 0.3) is 22.3 Å². The maximum Gasteiger partial charge on any atom is 0.472 e. The molecule has 1 saturated heterocycles. The van der Waals surface area contributed by atoms with E-state index in [2.05, 4.69) is 50.8 Å². The number of H-pyrrole nitrogens is 1. The van der Waals surface area contributed by atoms with Crippen LogP contribution in [0.5, 0.6) is 0 Å². The molecule has 0 radical (unpaired) electrons. The SMILES string of the molecule is CC(OP(=O)(O)OC[C@H]1O[C@@H](n2cnc3c(N)nc(F)nc32)[C@@H](O)C1O)C(NC(=O)CCC(NC(=O)c1ccc(NCc2cnc3nc(N)[nH]c(=O)c3n2)cc1)C(=O)O)C(=O)O. The molecule has 0 spiro atoms. The molecule has 62 heavy (non-hydrogen) atoms. The number of halogens is 1. The Morgan fingerprint density at radius 3 is 2.44 bits per heavy atom. The molecule has 1 fully saturated rings. The number of rotatable bonds is 18. The number of carbonyl (C=O) groups is 4. The molecule has 27 nitrogen and oxygen atoms in total. The molecule has 1 aliphatic rings. The van der Waals surface area contributed by atoms with Crippen molar-refractivity contribution >= 4 is 71.4 Å². The third kappa shape index (κ3) is 10.4. The van der Waals surface area contributed by atoms with Gasteiger partial charge in [-0.2, -0.15) is 19.3 Å². The van der Waals surface area contributed by atoms with E-state index in [1.165, 1.54) is 30.5 Å². The van der Waals surface area contributed by atoms with Crippen LogP contribution in [-0.4, -0.2) is 132 Å². The summed E-state index contributed by atoms with van der Waals surface area (Å²) in [6, 6.07) is 2.21. The number of carboxylic acid groups (broad SMARTS) is 2. The number of phosphoric acid groups is 1. The molecular weight excluding hydrogens is 852 g/mol. The van der Waals surface area contributed by atoms with E-state index in [9.17, 15) is 58.2 Å². The van der Waals surface area contributed by atoms with Gasteiger partial charge in [-0.3, -0.25) is 33.0 Å². The van der Waals surface area contributed by atoms with Gasteiger partial charge < -0.3 is 57.5 Å². The number of amides is 2. The summed E-state index contributed by atoms with van der Waals surface area (Å²) in [6.07, 6.45) is -8.04. The third-order valence-corrected chi connectivity index (χ3v) is 10.2. The van der Waals surface area contributed by atoms with E-state index in [-0.39, 0.29) is 46.2 Å². The first-order valence-corrected chi connectivity index (χ1v) is 19.5. The van der Waals surface area contributed by atoms with Gasteiger partial charge in [0.05, 0.1) is 37.5 Å². The number of nitrogens with zero attached hydrogens (tertiary/aromatic N) is 7. The first kappa shape index (κ1) is 44.7. The lowest BCUT2D eigenvalue weighted by atomic mass is 10.1. The number of anilines is 3. The van der Waals surface area contributed by atoms with Gasteiger partial charge in [0.2, 0.25) is 11.9 Å². The minimum Gasteiger partial charge on any atom is -0.480 e. The smallest absolute Gasteiger partial charge is 0.472 e. The van der Waals surface area contributed by atoms with Crippen LogP contribution in [0, 0.1) is 6.08 Å². The molecular formula is C33H37FN13O14P. The normalized spacial score (nSPS) is 20.0. The second kappa shape index (κ2) is 18.4. The fraction of sp³-hybridized carbons (Fsp3) is 0.364. The summed E-state index contributed by atoms with van der Waals surface area (Å²) in [5.74, 6) is -5.49. The number of nitrogens with two attached hydrogens (primary N) is 2. The second-order valence-corrected chi connectivity index (χ2v) is 14.9. The fourth-order valence-corrected chi connectivity index (χ4v) is 6.99. The number of imidazole rings is 1. The van der Waals surface area contributed by atoms with E-state index in [4.69, 9.17) is 25.3 Å². The Morgan fingerprint density at radius 2 is 1.74 bits per heavy atom. The highest BCUT2D eigenvalue weighted by molar-refractivity contribution is 7.47. The molecule has 1 aromatic carbocycles. The van der Waals surface area contributed by atoms with Gasteiger partial charge in [-0.25, -0.2) is 29.1 Å². The number of fused-ring (bicyclic) bond motifs is 2.